The number of nitrogens with zero attached hydrogens (tertiary/aromatic N) is 3. The van der Waals surface area contributed by atoms with Crippen molar-refractivity contribution in [3.63, 3.8) is 0 Å². The lowest BCUT2D eigenvalue weighted by Crippen LogP contribution is -2.44. The smallest absolute Gasteiger partial charge is 0.137 e. The van der Waals surface area contributed by atoms with Crippen molar-refractivity contribution in [2.45, 2.75) is 51.0 Å². The Labute approximate surface area is 236 Å². The predicted molar refractivity (Wildman–Crippen MR) is 163 cm³/mol. The summed E-state index contributed by atoms with van der Waals surface area (Å²) >= 11 is 3.59. The van der Waals surface area contributed by atoms with Crippen molar-refractivity contribution in [2.24, 2.45) is 4.99 Å². The molecule has 2 atom stereocenters. The van der Waals surface area contributed by atoms with Crippen molar-refractivity contribution in [1.29, 1.82) is 5.26 Å². The largest absolute Gasteiger partial charge is 0.489 e. The summed E-state index contributed by atoms with van der Waals surface area (Å²) in [4.78, 5) is 7.78. The van der Waals surface area contributed by atoms with Crippen molar-refractivity contribution >= 4 is 35.3 Å². The Balaban J connectivity index is 1.39. The Morgan fingerprint density at radius 3 is 2.95 bits per heavy atom. The molecule has 2 aliphatic rings. The summed E-state index contributed by atoms with van der Waals surface area (Å²) in [7, 11) is 0. The molecule has 0 radical (unpaired) electrons. The van der Waals surface area contributed by atoms with E-state index in [-0.39, 0.29) is 6.10 Å². The number of benzene rings is 2. The van der Waals surface area contributed by atoms with Crippen molar-refractivity contribution < 1.29 is 4.74 Å². The van der Waals surface area contributed by atoms with Crippen LogP contribution in [0.3, 0.4) is 0 Å². The minimum absolute atomic E-state index is 0.0830. The van der Waals surface area contributed by atoms with Crippen molar-refractivity contribution in [2.75, 3.05) is 38.5 Å². The SMILES string of the molecule is C=N/C=C(\SCc1ccc(OC(C)CC)c(C#N)c1)c1cccc2c1CCC2NSCCN1CCNCC1. The van der Waals surface area contributed by atoms with Gasteiger partial charge in [0.15, 0.2) is 0 Å². The zero-order chi connectivity index (χ0) is 26.7. The highest BCUT2D eigenvalue weighted by Gasteiger charge is 2.25. The first-order valence-corrected chi connectivity index (χ1v) is 15.5. The third-order valence-electron chi connectivity index (χ3n) is 7.15. The fourth-order valence-electron chi connectivity index (χ4n) is 4.86. The zero-order valence-electron chi connectivity index (χ0n) is 22.5. The summed E-state index contributed by atoms with van der Waals surface area (Å²) in [5.41, 5.74) is 5.72. The van der Waals surface area contributed by atoms with Crippen LogP contribution < -0.4 is 14.8 Å². The van der Waals surface area contributed by atoms with E-state index >= 15 is 0 Å². The molecule has 0 spiro atoms. The number of ether oxygens (including phenoxy) is 1. The van der Waals surface area contributed by atoms with Gasteiger partial charge in [-0.3, -0.25) is 14.6 Å². The lowest BCUT2D eigenvalue weighted by Gasteiger charge is -2.27. The molecule has 4 rings (SSSR count). The number of hydrogen-bond donors (Lipinski definition) is 2. The number of nitrogens with one attached hydrogen (secondary N) is 2. The molecule has 0 aromatic heterocycles. The Bertz CT molecular complexity index is 1160. The predicted octanol–water partition coefficient (Wildman–Crippen LogP) is 5.80. The monoisotopic (exact) mass is 549 g/mol. The first kappa shape index (κ1) is 28.7. The molecule has 6 nitrogen and oxygen atoms in total. The van der Waals surface area contributed by atoms with Gasteiger partial charge in [0.05, 0.1) is 11.7 Å². The van der Waals surface area contributed by atoms with Crippen LogP contribution in [0.1, 0.15) is 60.5 Å². The standard InChI is InChI=1S/C30H39N5OS2/c1-4-22(2)36-29-11-8-23(18-24(29)19-31)21-37-30(20-32-3)27-7-5-6-26-25(27)9-10-28(26)34-38-17-16-35-14-12-33-13-15-35/h5-8,11,18,20,22,28,33-34H,3-4,9-10,12-17,21H2,1-2H3/b30-20-. The minimum Gasteiger partial charge on any atom is -0.489 e. The summed E-state index contributed by atoms with van der Waals surface area (Å²) in [6, 6.07) is 15.2. The highest BCUT2D eigenvalue weighted by Crippen LogP contribution is 2.41. The van der Waals surface area contributed by atoms with Gasteiger partial charge in [-0.15, -0.1) is 11.8 Å². The van der Waals surface area contributed by atoms with Gasteiger partial charge >= 0.3 is 0 Å². The molecule has 0 saturated carbocycles. The summed E-state index contributed by atoms with van der Waals surface area (Å²) < 4.78 is 9.66. The lowest BCUT2D eigenvalue weighted by molar-refractivity contribution is 0.217. The fraction of sp³-hybridized carbons (Fsp3) is 0.467. The summed E-state index contributed by atoms with van der Waals surface area (Å²) in [5.74, 6) is 2.50. The molecule has 1 aliphatic carbocycles. The number of piperazine rings is 1. The molecule has 0 amide bonds. The quantitative estimate of drug-likeness (QED) is 0.186. The number of aliphatic imine (C=N–C) groups is 1. The molecule has 2 N–H and O–H groups in total. The topological polar surface area (TPSA) is 72.7 Å². The first-order chi connectivity index (χ1) is 18.6. The average Bonchev–Trinajstić information content (AvgIpc) is 3.37. The second-order valence-corrected chi connectivity index (χ2v) is 11.7. The molecule has 202 valence electrons. The second kappa shape index (κ2) is 14.8. The number of nitriles is 1. The van der Waals surface area contributed by atoms with Gasteiger partial charge in [-0.25, -0.2) is 0 Å². The lowest BCUT2D eigenvalue weighted by atomic mass is 10.0. The van der Waals surface area contributed by atoms with Crippen LogP contribution in [0.4, 0.5) is 0 Å². The van der Waals surface area contributed by atoms with Crippen LogP contribution in [0.5, 0.6) is 5.75 Å². The Morgan fingerprint density at radius 1 is 1.34 bits per heavy atom. The van der Waals surface area contributed by atoms with Gasteiger partial charge in [0.25, 0.3) is 0 Å². The van der Waals surface area contributed by atoms with Crippen LogP contribution in [-0.2, 0) is 12.2 Å². The van der Waals surface area contributed by atoms with E-state index in [9.17, 15) is 5.26 Å². The van der Waals surface area contributed by atoms with Crippen LogP contribution >= 0.6 is 23.7 Å². The van der Waals surface area contributed by atoms with E-state index in [2.05, 4.69) is 63.9 Å². The van der Waals surface area contributed by atoms with Gasteiger partial charge in [0.1, 0.15) is 11.8 Å². The molecular weight excluding hydrogens is 510 g/mol. The number of thioether (sulfide) groups is 1. The molecule has 1 saturated heterocycles. The second-order valence-electron chi connectivity index (χ2n) is 9.77. The maximum absolute atomic E-state index is 9.66. The van der Waals surface area contributed by atoms with Gasteiger partial charge in [0.2, 0.25) is 0 Å². The Hall–Kier alpha value is -2.28. The van der Waals surface area contributed by atoms with E-state index in [1.807, 2.05) is 37.2 Å². The number of fused-ring (bicyclic) bond motifs is 1. The highest BCUT2D eigenvalue weighted by molar-refractivity contribution is 8.07. The molecule has 1 fully saturated rings. The van der Waals surface area contributed by atoms with E-state index in [4.69, 9.17) is 4.74 Å². The van der Waals surface area contributed by atoms with Crippen molar-refractivity contribution in [1.82, 2.24) is 14.9 Å². The first-order valence-electron chi connectivity index (χ1n) is 13.5. The maximum atomic E-state index is 9.66. The molecular formula is C30H39N5OS2. The third-order valence-corrected chi connectivity index (χ3v) is 9.10. The molecule has 38 heavy (non-hydrogen) atoms. The van der Waals surface area contributed by atoms with Gasteiger partial charge in [0, 0.05) is 61.4 Å². The average molecular weight is 550 g/mol. The zero-order valence-corrected chi connectivity index (χ0v) is 24.2. The number of hydrogen-bond acceptors (Lipinski definition) is 8. The van der Waals surface area contributed by atoms with E-state index in [1.54, 1.807) is 11.8 Å². The molecule has 1 aliphatic heterocycles. The van der Waals surface area contributed by atoms with E-state index in [0.717, 1.165) is 74.0 Å². The van der Waals surface area contributed by atoms with Gasteiger partial charge in [-0.1, -0.05) is 43.1 Å². The number of rotatable bonds is 13. The van der Waals surface area contributed by atoms with E-state index in [0.29, 0.717) is 17.4 Å². The van der Waals surface area contributed by atoms with Crippen LogP contribution in [0.2, 0.25) is 0 Å². The van der Waals surface area contributed by atoms with Crippen molar-refractivity contribution in [3.8, 4) is 11.8 Å². The fourth-order valence-corrected chi connectivity index (χ4v) is 6.77. The normalized spacial score (nSPS) is 18.6. The summed E-state index contributed by atoms with van der Waals surface area (Å²) in [6.07, 6.45) is 5.01. The molecule has 2 unspecified atom stereocenters. The minimum atomic E-state index is 0.0830. The van der Waals surface area contributed by atoms with Crippen LogP contribution in [0.25, 0.3) is 4.91 Å². The van der Waals surface area contributed by atoms with Gasteiger partial charge < -0.3 is 10.1 Å². The molecule has 2 aromatic carbocycles. The Morgan fingerprint density at radius 2 is 2.18 bits per heavy atom. The molecule has 8 heteroatoms. The van der Waals surface area contributed by atoms with Crippen LogP contribution in [-0.4, -0.2) is 56.2 Å². The van der Waals surface area contributed by atoms with Gasteiger partial charge in [-0.2, -0.15) is 5.26 Å². The third kappa shape index (κ3) is 7.64. The summed E-state index contributed by atoms with van der Waals surface area (Å²) in [6.45, 7) is 13.5. The van der Waals surface area contributed by atoms with Gasteiger partial charge in [-0.05, 0) is 67.3 Å². The van der Waals surface area contributed by atoms with Crippen LogP contribution in [0.15, 0.2) is 47.6 Å². The maximum Gasteiger partial charge on any atom is 0.137 e. The Kier molecular flexibility index (Phi) is 11.2. The van der Waals surface area contributed by atoms with Crippen LogP contribution in [0, 0.1) is 11.3 Å². The molecule has 1 heterocycles. The highest BCUT2D eigenvalue weighted by atomic mass is 32.2. The molecule has 0 bridgehead atoms. The summed E-state index contributed by atoms with van der Waals surface area (Å²) in [5, 5.41) is 13.1. The van der Waals surface area contributed by atoms with E-state index in [1.165, 1.54) is 16.7 Å². The molecule has 2 aromatic rings. The van der Waals surface area contributed by atoms with E-state index < -0.39 is 0 Å². The van der Waals surface area contributed by atoms with Crippen molar-refractivity contribution in [3.05, 3.63) is 70.4 Å².